The van der Waals surface area contributed by atoms with Crippen LogP contribution in [-0.2, 0) is 42.2 Å². The molecule has 12 heteroatoms. The minimum atomic E-state index is -4.77. The van der Waals surface area contributed by atoms with E-state index in [-0.39, 0.29) is 25.9 Å². The fraction of sp³-hybridized carbons (Fsp3) is 0.726. The third-order valence-electron chi connectivity index (χ3n) is 12.3. The first-order valence-electron chi connectivity index (χ1n) is 29.5. The highest BCUT2D eigenvalue weighted by atomic mass is 31.2. The van der Waals surface area contributed by atoms with Gasteiger partial charge in [0.25, 0.3) is 0 Å². The van der Waals surface area contributed by atoms with Crippen molar-refractivity contribution in [3.05, 3.63) is 85.1 Å². The van der Waals surface area contributed by atoms with Crippen LogP contribution in [0.1, 0.15) is 252 Å². The van der Waals surface area contributed by atoms with Crippen LogP contribution in [0.3, 0.4) is 0 Å². The molecule has 0 saturated heterocycles. The van der Waals surface area contributed by atoms with Crippen LogP contribution < -0.4 is 0 Å². The predicted molar refractivity (Wildman–Crippen MR) is 307 cm³/mol. The molecule has 0 saturated carbocycles. The number of aliphatic hydroxyl groups is 1. The number of ether oxygens (including phenoxy) is 3. The number of phosphoric acid groups is 1. The number of aliphatic hydroxyl groups excluding tert-OH is 1. The summed E-state index contributed by atoms with van der Waals surface area (Å²) in [5.74, 6) is -1.55. The molecule has 3 unspecified atom stereocenters. The van der Waals surface area contributed by atoms with Gasteiger partial charge in [-0.2, -0.15) is 0 Å². The molecule has 74 heavy (non-hydrogen) atoms. The lowest BCUT2D eigenvalue weighted by Crippen LogP contribution is -2.30. The average Bonchev–Trinajstić information content (AvgIpc) is 3.39. The Hall–Kier alpha value is -3.34. The lowest BCUT2D eigenvalue weighted by Gasteiger charge is -2.21. The molecule has 0 amide bonds. The molecular formula is C62H107O11P. The lowest BCUT2D eigenvalue weighted by molar-refractivity contribution is -0.161. The second kappa shape index (κ2) is 55.9. The number of carbonyl (C=O) groups excluding carboxylic acids is 3. The second-order valence-electron chi connectivity index (χ2n) is 19.4. The first-order valence-corrected chi connectivity index (χ1v) is 31.0. The van der Waals surface area contributed by atoms with Crippen molar-refractivity contribution in [3.63, 3.8) is 0 Å². The molecule has 426 valence electrons. The third-order valence-corrected chi connectivity index (χ3v) is 13.2. The van der Waals surface area contributed by atoms with Gasteiger partial charge in [-0.1, -0.05) is 209 Å². The molecule has 3 atom stereocenters. The summed E-state index contributed by atoms with van der Waals surface area (Å²) in [5, 5.41) is 9.82. The van der Waals surface area contributed by atoms with Crippen LogP contribution in [0.4, 0.5) is 0 Å². The van der Waals surface area contributed by atoms with Crippen LogP contribution in [0, 0.1) is 0 Å². The van der Waals surface area contributed by atoms with E-state index >= 15 is 0 Å². The van der Waals surface area contributed by atoms with Crippen LogP contribution in [0.5, 0.6) is 0 Å². The third kappa shape index (κ3) is 53.5. The first-order chi connectivity index (χ1) is 36.2. The van der Waals surface area contributed by atoms with Crippen molar-refractivity contribution in [2.75, 3.05) is 26.4 Å². The van der Waals surface area contributed by atoms with E-state index in [2.05, 4.69) is 93.7 Å². The highest BCUT2D eigenvalue weighted by Gasteiger charge is 2.28. The van der Waals surface area contributed by atoms with Crippen molar-refractivity contribution in [1.29, 1.82) is 0 Å². The number of unbranched alkanes of at least 4 members (excludes halogenated alkanes) is 23. The molecule has 0 aliphatic rings. The molecule has 0 spiro atoms. The van der Waals surface area contributed by atoms with E-state index in [1.165, 1.54) is 77.0 Å². The molecule has 11 nitrogen and oxygen atoms in total. The molecule has 0 radical (unpaired) electrons. The van der Waals surface area contributed by atoms with E-state index in [0.29, 0.717) is 25.7 Å². The fourth-order valence-electron chi connectivity index (χ4n) is 7.79. The summed E-state index contributed by atoms with van der Waals surface area (Å²) >= 11 is 0. The van der Waals surface area contributed by atoms with Gasteiger partial charge < -0.3 is 24.2 Å². The number of hydrogen-bond donors (Lipinski definition) is 2. The van der Waals surface area contributed by atoms with E-state index in [1.807, 2.05) is 12.2 Å². The Bertz CT molecular complexity index is 1560. The number of phosphoric ester groups is 1. The van der Waals surface area contributed by atoms with Gasteiger partial charge in [-0.3, -0.25) is 23.4 Å². The van der Waals surface area contributed by atoms with Gasteiger partial charge in [-0.05, 0) is 109 Å². The maximum absolute atomic E-state index is 12.9. The van der Waals surface area contributed by atoms with Gasteiger partial charge in [-0.25, -0.2) is 4.57 Å². The predicted octanol–water partition coefficient (Wildman–Crippen LogP) is 17.5. The summed E-state index contributed by atoms with van der Waals surface area (Å²) in [5.41, 5.74) is 0. The van der Waals surface area contributed by atoms with E-state index in [1.54, 1.807) is 0 Å². The van der Waals surface area contributed by atoms with Gasteiger partial charge in [0.05, 0.1) is 19.8 Å². The largest absolute Gasteiger partial charge is 0.472 e. The van der Waals surface area contributed by atoms with Gasteiger partial charge in [0.15, 0.2) is 6.10 Å². The summed E-state index contributed by atoms with van der Waals surface area (Å²) in [6, 6.07) is 0. The van der Waals surface area contributed by atoms with Crippen LogP contribution in [0.25, 0.3) is 0 Å². The van der Waals surface area contributed by atoms with Crippen molar-refractivity contribution >= 4 is 25.7 Å². The zero-order valence-corrected chi connectivity index (χ0v) is 47.9. The number of allylic oxidation sites excluding steroid dienone is 14. The quantitative estimate of drug-likeness (QED) is 0.0197. The summed E-state index contributed by atoms with van der Waals surface area (Å²) in [4.78, 5) is 48.5. The van der Waals surface area contributed by atoms with Gasteiger partial charge in [0.1, 0.15) is 12.7 Å². The highest BCUT2D eigenvalue weighted by Crippen LogP contribution is 2.43. The van der Waals surface area contributed by atoms with Gasteiger partial charge >= 0.3 is 25.7 Å². The minimum Gasteiger partial charge on any atom is -0.462 e. The van der Waals surface area contributed by atoms with Crippen molar-refractivity contribution in [2.45, 2.75) is 264 Å². The topological polar surface area (TPSA) is 155 Å². The second-order valence-corrected chi connectivity index (χ2v) is 20.9. The molecule has 0 aromatic carbocycles. The van der Waals surface area contributed by atoms with E-state index < -0.39 is 57.8 Å². The Morgan fingerprint density at radius 3 is 1.15 bits per heavy atom. The van der Waals surface area contributed by atoms with Gasteiger partial charge in [0.2, 0.25) is 0 Å². The van der Waals surface area contributed by atoms with Gasteiger partial charge in [0, 0.05) is 19.3 Å². The molecular weight excluding hydrogens is 952 g/mol. The maximum atomic E-state index is 12.9. The van der Waals surface area contributed by atoms with Crippen molar-refractivity contribution < 1.29 is 52.2 Å². The van der Waals surface area contributed by atoms with Crippen molar-refractivity contribution in [1.82, 2.24) is 0 Å². The number of hydrogen-bond acceptors (Lipinski definition) is 10. The molecule has 0 heterocycles. The minimum absolute atomic E-state index is 0.0848. The summed E-state index contributed by atoms with van der Waals surface area (Å²) < 4.78 is 39.5. The summed E-state index contributed by atoms with van der Waals surface area (Å²) in [6.07, 6.45) is 64.0. The summed E-state index contributed by atoms with van der Waals surface area (Å²) in [7, 11) is -4.77. The monoisotopic (exact) mass is 1060 g/mol. The Morgan fingerprint density at radius 1 is 0.392 bits per heavy atom. The zero-order valence-electron chi connectivity index (χ0n) is 47.0. The lowest BCUT2D eigenvalue weighted by atomic mass is 10.1. The number of esters is 3. The zero-order chi connectivity index (χ0) is 54.1. The molecule has 0 aromatic rings. The van der Waals surface area contributed by atoms with Crippen LogP contribution >= 0.6 is 7.82 Å². The van der Waals surface area contributed by atoms with Crippen LogP contribution in [0.15, 0.2) is 85.1 Å². The number of carbonyl (C=O) groups is 3. The molecule has 0 aliphatic heterocycles. The summed E-state index contributed by atoms with van der Waals surface area (Å²) in [6.45, 7) is 4.45. The average molecular weight is 1060 g/mol. The fourth-order valence-corrected chi connectivity index (χ4v) is 8.58. The normalized spacial score (nSPS) is 14.0. The molecule has 0 rings (SSSR count). The van der Waals surface area contributed by atoms with E-state index in [0.717, 1.165) is 109 Å². The maximum Gasteiger partial charge on any atom is 0.472 e. The molecule has 0 aliphatic carbocycles. The Kier molecular flexibility index (Phi) is 53.4. The first kappa shape index (κ1) is 70.7. The van der Waals surface area contributed by atoms with Crippen LogP contribution in [0.2, 0.25) is 0 Å². The molecule has 2 N–H and O–H groups in total. The van der Waals surface area contributed by atoms with E-state index in [9.17, 15) is 28.9 Å². The van der Waals surface area contributed by atoms with E-state index in [4.69, 9.17) is 23.3 Å². The molecule has 0 fully saturated rings. The van der Waals surface area contributed by atoms with Crippen molar-refractivity contribution in [2.24, 2.45) is 0 Å². The number of rotatable bonds is 54. The smallest absolute Gasteiger partial charge is 0.462 e. The van der Waals surface area contributed by atoms with Gasteiger partial charge in [-0.15, -0.1) is 0 Å². The highest BCUT2D eigenvalue weighted by molar-refractivity contribution is 7.47. The Labute approximate surface area is 451 Å². The standard InChI is InChI=1S/C62H107O11P/c1-4-7-10-13-16-19-22-25-28-29-32-35-38-41-44-47-50-53-62(66)73-59(55-69-60(64)51-48-45-42-39-36-33-30-26-23-20-17-14-11-8-5-2)57-71-74(67,68)70-56-58(54-63)72-61(65)52-49-46-43-40-37-34-31-27-24-21-18-15-12-9-6-3/h7,10,16,19,25-28,30-32,35,41,44,58-59,63H,4-6,8-9,11-15,17-18,20-24,29,33-34,36-40,42-43,45-57H2,1-3H3,(H,67,68)/b10-7-,19-16-,28-25-,30-26-,31-27-,35-32-,44-41-. The van der Waals surface area contributed by atoms with Crippen molar-refractivity contribution in [3.8, 4) is 0 Å². The van der Waals surface area contributed by atoms with Crippen LogP contribution in [-0.4, -0.2) is 66.5 Å². The Morgan fingerprint density at radius 2 is 0.716 bits per heavy atom. The molecule has 0 aromatic heterocycles. The molecule has 0 bridgehead atoms. The SMILES string of the molecule is CC/C=C\C/C=C\C/C=C\C/C=C\C/C=C\CCCC(=O)OC(COC(=O)CCCCCCC/C=C\CCCCCCCC)COP(=O)(O)OCC(CO)OC(=O)CCCCCCC/C=C\CCCCCCCC. The Balaban J connectivity index is 4.82.